The first-order chi connectivity index (χ1) is 12.2. The molecule has 2 aliphatic rings. The van der Waals surface area contributed by atoms with Gasteiger partial charge in [0, 0.05) is 24.6 Å². The quantitative estimate of drug-likeness (QED) is 0.876. The second kappa shape index (κ2) is 7.02. The zero-order valence-electron chi connectivity index (χ0n) is 15.7. The van der Waals surface area contributed by atoms with Gasteiger partial charge in [-0.05, 0) is 36.8 Å². The van der Waals surface area contributed by atoms with E-state index in [1.54, 1.807) is 24.3 Å². The molecule has 1 unspecified atom stereocenters. The molecule has 0 radical (unpaired) electrons. The Balaban J connectivity index is 1.63. The summed E-state index contributed by atoms with van der Waals surface area (Å²) in [5.74, 6) is 0.441. The molecule has 6 nitrogen and oxygen atoms in total. The van der Waals surface area contributed by atoms with E-state index in [1.165, 1.54) is 0 Å². The van der Waals surface area contributed by atoms with Crippen molar-refractivity contribution < 1.29 is 13.2 Å². The number of aliphatic imine (C=N–C) groups is 1. The fourth-order valence-corrected chi connectivity index (χ4v) is 4.99. The molecule has 1 aromatic rings. The number of fused-ring (bicyclic) bond motifs is 1. The molecule has 0 bridgehead atoms. The molecule has 2 heterocycles. The SMILES string of the molecule is CC(C)(C)CC1CCCN1C(=O)CCN=C1NS(=O)(=O)c2ccccc21. The molecule has 1 amide bonds. The number of rotatable bonds is 4. The van der Waals surface area contributed by atoms with Crippen LogP contribution in [-0.4, -0.2) is 44.2 Å². The molecule has 1 N–H and O–H groups in total. The van der Waals surface area contributed by atoms with Crippen molar-refractivity contribution in [3.63, 3.8) is 0 Å². The van der Waals surface area contributed by atoms with Gasteiger partial charge in [-0.3, -0.25) is 14.5 Å². The summed E-state index contributed by atoms with van der Waals surface area (Å²) in [5.41, 5.74) is 0.770. The Bertz CT molecular complexity index is 825. The van der Waals surface area contributed by atoms with Crippen LogP contribution >= 0.6 is 0 Å². The number of hydrogen-bond donors (Lipinski definition) is 1. The predicted molar refractivity (Wildman–Crippen MR) is 102 cm³/mol. The average molecular weight is 378 g/mol. The summed E-state index contributed by atoms with van der Waals surface area (Å²) in [5, 5.41) is 0. The zero-order valence-corrected chi connectivity index (χ0v) is 16.5. The van der Waals surface area contributed by atoms with Crippen molar-refractivity contribution in [2.24, 2.45) is 10.4 Å². The van der Waals surface area contributed by atoms with Crippen LogP contribution < -0.4 is 4.72 Å². The summed E-state index contributed by atoms with van der Waals surface area (Å²) in [4.78, 5) is 19.2. The number of carbonyl (C=O) groups is 1. The number of amidine groups is 1. The lowest BCUT2D eigenvalue weighted by molar-refractivity contribution is -0.132. The smallest absolute Gasteiger partial charge is 0.263 e. The first-order valence-corrected chi connectivity index (χ1v) is 10.6. The number of likely N-dealkylation sites (tertiary alicyclic amines) is 1. The van der Waals surface area contributed by atoms with Crippen LogP contribution in [0.3, 0.4) is 0 Å². The average Bonchev–Trinajstić information content (AvgIpc) is 3.09. The van der Waals surface area contributed by atoms with Crippen molar-refractivity contribution in [1.29, 1.82) is 0 Å². The van der Waals surface area contributed by atoms with E-state index in [9.17, 15) is 13.2 Å². The van der Waals surface area contributed by atoms with Gasteiger partial charge in [-0.15, -0.1) is 0 Å². The standard InChI is InChI=1S/C19H27N3O3S/c1-19(2,3)13-14-7-6-12-22(14)17(23)10-11-20-18-15-8-4-5-9-16(15)26(24,25)21-18/h4-5,8-9,14H,6-7,10-13H2,1-3H3,(H,20,21). The van der Waals surface area contributed by atoms with E-state index in [0.29, 0.717) is 23.9 Å². The third-order valence-corrected chi connectivity index (χ3v) is 6.20. The second-order valence-electron chi connectivity index (χ2n) is 8.23. The van der Waals surface area contributed by atoms with Crippen molar-refractivity contribution in [1.82, 2.24) is 9.62 Å². The third-order valence-electron chi connectivity index (χ3n) is 4.80. The van der Waals surface area contributed by atoms with Crippen LogP contribution in [0.1, 0.15) is 52.0 Å². The van der Waals surface area contributed by atoms with Gasteiger partial charge in [-0.2, -0.15) is 0 Å². The number of nitrogens with zero attached hydrogens (tertiary/aromatic N) is 2. The van der Waals surface area contributed by atoms with E-state index in [4.69, 9.17) is 0 Å². The van der Waals surface area contributed by atoms with Crippen LogP contribution in [-0.2, 0) is 14.8 Å². The van der Waals surface area contributed by atoms with Gasteiger partial charge in [0.1, 0.15) is 5.84 Å². The molecule has 7 heteroatoms. The number of carbonyl (C=O) groups excluding carboxylic acids is 1. The fourth-order valence-electron chi connectivity index (χ4n) is 3.74. The number of hydrogen-bond acceptors (Lipinski definition) is 4. The van der Waals surface area contributed by atoms with Gasteiger partial charge in [0.25, 0.3) is 10.0 Å². The molecule has 1 atom stereocenters. The number of nitrogens with one attached hydrogen (secondary N) is 1. The largest absolute Gasteiger partial charge is 0.340 e. The van der Waals surface area contributed by atoms with E-state index in [1.807, 2.05) is 4.90 Å². The molecule has 0 spiro atoms. The Hall–Kier alpha value is -1.89. The van der Waals surface area contributed by atoms with E-state index < -0.39 is 10.0 Å². The molecule has 2 aliphatic heterocycles. The lowest BCUT2D eigenvalue weighted by Crippen LogP contribution is -2.38. The van der Waals surface area contributed by atoms with Crippen LogP contribution in [0.2, 0.25) is 0 Å². The highest BCUT2D eigenvalue weighted by molar-refractivity contribution is 7.90. The van der Waals surface area contributed by atoms with Gasteiger partial charge in [0.15, 0.2) is 0 Å². The summed E-state index contributed by atoms with van der Waals surface area (Å²) in [6.07, 6.45) is 3.41. The Kier molecular flexibility index (Phi) is 5.10. The van der Waals surface area contributed by atoms with E-state index in [2.05, 4.69) is 30.5 Å². The number of benzene rings is 1. The minimum atomic E-state index is -3.53. The van der Waals surface area contributed by atoms with Crippen molar-refractivity contribution in [3.8, 4) is 0 Å². The van der Waals surface area contributed by atoms with Gasteiger partial charge in [0.2, 0.25) is 5.91 Å². The van der Waals surface area contributed by atoms with Gasteiger partial charge in [0.05, 0.1) is 11.4 Å². The Labute approximate surface area is 155 Å². The van der Waals surface area contributed by atoms with Crippen molar-refractivity contribution in [3.05, 3.63) is 29.8 Å². The maximum atomic E-state index is 12.6. The Morgan fingerprint density at radius 1 is 1.31 bits per heavy atom. The lowest BCUT2D eigenvalue weighted by atomic mass is 9.87. The Morgan fingerprint density at radius 3 is 2.77 bits per heavy atom. The van der Waals surface area contributed by atoms with E-state index in [0.717, 1.165) is 25.8 Å². The summed E-state index contributed by atoms with van der Waals surface area (Å²) in [6, 6.07) is 7.07. The van der Waals surface area contributed by atoms with Gasteiger partial charge in [-0.25, -0.2) is 8.42 Å². The summed E-state index contributed by atoms with van der Waals surface area (Å²) in [6.45, 7) is 7.69. The summed E-state index contributed by atoms with van der Waals surface area (Å²) in [7, 11) is -3.53. The van der Waals surface area contributed by atoms with Crippen LogP contribution in [0.4, 0.5) is 0 Å². The molecule has 3 rings (SSSR count). The topological polar surface area (TPSA) is 78.8 Å². The highest BCUT2D eigenvalue weighted by atomic mass is 32.2. The van der Waals surface area contributed by atoms with Crippen LogP contribution in [0.15, 0.2) is 34.2 Å². The molecule has 1 fully saturated rings. The predicted octanol–water partition coefficient (Wildman–Crippen LogP) is 2.54. The normalized spacial score (nSPS) is 23.1. The molecule has 0 aliphatic carbocycles. The van der Waals surface area contributed by atoms with Crippen molar-refractivity contribution in [2.45, 2.75) is 57.4 Å². The summed E-state index contributed by atoms with van der Waals surface area (Å²) >= 11 is 0. The maximum Gasteiger partial charge on any atom is 0.263 e. The monoisotopic (exact) mass is 377 g/mol. The number of sulfonamides is 1. The van der Waals surface area contributed by atoms with Crippen molar-refractivity contribution in [2.75, 3.05) is 13.1 Å². The zero-order chi connectivity index (χ0) is 18.9. The molecule has 1 saturated heterocycles. The van der Waals surface area contributed by atoms with Gasteiger partial charge < -0.3 is 4.90 Å². The van der Waals surface area contributed by atoms with Crippen LogP contribution in [0.5, 0.6) is 0 Å². The molecule has 142 valence electrons. The van der Waals surface area contributed by atoms with Gasteiger partial charge in [-0.1, -0.05) is 32.9 Å². The molecular weight excluding hydrogens is 350 g/mol. The first-order valence-electron chi connectivity index (χ1n) is 9.13. The summed E-state index contributed by atoms with van der Waals surface area (Å²) < 4.78 is 26.6. The fraction of sp³-hybridized carbons (Fsp3) is 0.579. The van der Waals surface area contributed by atoms with E-state index >= 15 is 0 Å². The molecule has 0 aromatic heterocycles. The second-order valence-corrected chi connectivity index (χ2v) is 9.88. The first kappa shape index (κ1) is 18.9. The van der Waals surface area contributed by atoms with Crippen LogP contribution in [0.25, 0.3) is 0 Å². The third kappa shape index (κ3) is 4.09. The molecule has 26 heavy (non-hydrogen) atoms. The van der Waals surface area contributed by atoms with Crippen LogP contribution in [0, 0.1) is 5.41 Å². The Morgan fingerprint density at radius 2 is 2.04 bits per heavy atom. The molecule has 1 aromatic carbocycles. The lowest BCUT2D eigenvalue weighted by Gasteiger charge is -2.30. The van der Waals surface area contributed by atoms with Gasteiger partial charge >= 0.3 is 0 Å². The maximum absolute atomic E-state index is 12.6. The highest BCUT2D eigenvalue weighted by Gasteiger charge is 2.32. The highest BCUT2D eigenvalue weighted by Crippen LogP contribution is 2.30. The molecule has 0 saturated carbocycles. The van der Waals surface area contributed by atoms with Crippen molar-refractivity contribution >= 4 is 21.8 Å². The minimum absolute atomic E-state index is 0.107. The minimum Gasteiger partial charge on any atom is -0.340 e. The molecular formula is C19H27N3O3S. The number of amides is 1. The van der Waals surface area contributed by atoms with E-state index in [-0.39, 0.29) is 22.8 Å².